The maximum atomic E-state index is 12.4. The monoisotopic (exact) mass is 295 g/mol. The molecule has 3 aromatic rings. The first kappa shape index (κ1) is 13.7. The van der Waals surface area contributed by atoms with Crippen molar-refractivity contribution in [2.45, 2.75) is 0 Å². The molecule has 0 aliphatic rings. The first-order valence-electron chi connectivity index (χ1n) is 6.37. The lowest BCUT2D eigenvalue weighted by Crippen LogP contribution is -2.15. The largest absolute Gasteiger partial charge is 0.463 e. The molecular weight excluding hydrogens is 286 g/mol. The van der Waals surface area contributed by atoms with Crippen molar-refractivity contribution in [2.75, 3.05) is 0 Å². The highest BCUT2D eigenvalue weighted by Gasteiger charge is 2.17. The Morgan fingerprint density at radius 1 is 1.05 bits per heavy atom. The lowest BCUT2D eigenvalue weighted by atomic mass is 10.0. The van der Waals surface area contributed by atoms with Gasteiger partial charge in [-0.3, -0.25) is 19.7 Å². The summed E-state index contributed by atoms with van der Waals surface area (Å²) in [5.74, 6) is -0.533. The van der Waals surface area contributed by atoms with E-state index in [0.29, 0.717) is 11.0 Å². The minimum Gasteiger partial charge on any atom is -0.463 e. The molecule has 0 unspecified atom stereocenters. The summed E-state index contributed by atoms with van der Waals surface area (Å²) in [6.07, 6.45) is 1.12. The minimum absolute atomic E-state index is 0.104. The third-order valence-electron chi connectivity index (χ3n) is 3.26. The van der Waals surface area contributed by atoms with Crippen LogP contribution in [0.25, 0.3) is 11.0 Å². The Balaban J connectivity index is 2.07. The molecule has 2 aromatic carbocycles. The lowest BCUT2D eigenvalue weighted by Gasteiger charge is -2.02. The molecule has 22 heavy (non-hydrogen) atoms. The molecule has 0 atom stereocenters. The molecule has 0 fully saturated rings. The summed E-state index contributed by atoms with van der Waals surface area (Å²) in [5, 5.41) is 10.9. The fraction of sp³-hybridized carbons (Fsp3) is 0. The second-order valence-electron chi connectivity index (χ2n) is 4.61. The van der Waals surface area contributed by atoms with E-state index in [2.05, 4.69) is 0 Å². The molecule has 1 aromatic heterocycles. The molecule has 0 radical (unpaired) electrons. The molecule has 6 nitrogen and oxygen atoms in total. The lowest BCUT2D eigenvalue weighted by molar-refractivity contribution is -0.384. The Morgan fingerprint density at radius 2 is 1.73 bits per heavy atom. The predicted molar refractivity (Wildman–Crippen MR) is 79.0 cm³/mol. The highest BCUT2D eigenvalue weighted by molar-refractivity contribution is 6.09. The number of nitro benzene ring substituents is 1. The van der Waals surface area contributed by atoms with E-state index in [1.165, 1.54) is 24.3 Å². The van der Waals surface area contributed by atoms with Crippen LogP contribution in [-0.4, -0.2) is 10.7 Å². The Hall–Kier alpha value is -3.28. The normalized spacial score (nSPS) is 10.5. The zero-order chi connectivity index (χ0) is 15.7. The average molecular weight is 295 g/mol. The van der Waals surface area contributed by atoms with E-state index < -0.39 is 16.1 Å². The van der Waals surface area contributed by atoms with Gasteiger partial charge in [0, 0.05) is 17.7 Å². The number of benzene rings is 2. The van der Waals surface area contributed by atoms with Crippen molar-refractivity contribution in [3.63, 3.8) is 0 Å². The third-order valence-corrected chi connectivity index (χ3v) is 3.26. The summed E-state index contributed by atoms with van der Waals surface area (Å²) in [6, 6.07) is 11.7. The van der Waals surface area contributed by atoms with Crippen molar-refractivity contribution < 1.29 is 14.1 Å². The van der Waals surface area contributed by atoms with Crippen LogP contribution >= 0.6 is 0 Å². The molecular formula is C16H9NO5. The summed E-state index contributed by atoms with van der Waals surface area (Å²) in [6.45, 7) is 0. The van der Waals surface area contributed by atoms with Gasteiger partial charge < -0.3 is 4.42 Å². The number of non-ortho nitro benzene ring substituents is 1. The van der Waals surface area contributed by atoms with Gasteiger partial charge in [-0.2, -0.15) is 0 Å². The van der Waals surface area contributed by atoms with Gasteiger partial charge in [-0.1, -0.05) is 12.1 Å². The second kappa shape index (κ2) is 5.25. The maximum absolute atomic E-state index is 12.4. The van der Waals surface area contributed by atoms with E-state index in [9.17, 15) is 19.7 Å². The molecule has 0 saturated carbocycles. The number of nitro groups is 1. The number of carbonyl (C=O) groups is 1. The van der Waals surface area contributed by atoms with Crippen LogP contribution in [0, 0.1) is 10.1 Å². The molecule has 0 aliphatic heterocycles. The molecule has 0 saturated heterocycles. The number of ketones is 1. The van der Waals surface area contributed by atoms with Crippen molar-refractivity contribution in [3.8, 4) is 0 Å². The Bertz CT molecular complexity index is 941. The van der Waals surface area contributed by atoms with Crippen LogP contribution in [0.5, 0.6) is 0 Å². The molecule has 0 spiro atoms. The first-order chi connectivity index (χ1) is 10.6. The zero-order valence-corrected chi connectivity index (χ0v) is 11.2. The SMILES string of the molecule is O=C(c1ccc([N+](=O)[O-])cc1)c1coc2ccccc2c1=O. The second-order valence-corrected chi connectivity index (χ2v) is 4.61. The van der Waals surface area contributed by atoms with Gasteiger partial charge in [0.2, 0.25) is 5.43 Å². The first-order valence-corrected chi connectivity index (χ1v) is 6.37. The number of hydrogen-bond donors (Lipinski definition) is 0. The fourth-order valence-electron chi connectivity index (χ4n) is 2.12. The van der Waals surface area contributed by atoms with Gasteiger partial charge in [0.15, 0.2) is 5.78 Å². The predicted octanol–water partition coefficient (Wildman–Crippen LogP) is 2.93. The van der Waals surface area contributed by atoms with Gasteiger partial charge in [-0.25, -0.2) is 0 Å². The van der Waals surface area contributed by atoms with E-state index in [1.807, 2.05) is 0 Å². The molecule has 3 rings (SSSR count). The molecule has 0 aliphatic carbocycles. The van der Waals surface area contributed by atoms with Gasteiger partial charge in [0.25, 0.3) is 5.69 Å². The van der Waals surface area contributed by atoms with E-state index in [-0.39, 0.29) is 16.8 Å². The number of carbonyl (C=O) groups excluding carboxylic acids is 1. The average Bonchev–Trinajstić information content (AvgIpc) is 2.55. The number of fused-ring (bicyclic) bond motifs is 1. The van der Waals surface area contributed by atoms with Crippen molar-refractivity contribution in [3.05, 3.63) is 86.3 Å². The smallest absolute Gasteiger partial charge is 0.269 e. The molecule has 0 N–H and O–H groups in total. The van der Waals surface area contributed by atoms with Crippen LogP contribution in [0.1, 0.15) is 15.9 Å². The van der Waals surface area contributed by atoms with Crippen molar-refractivity contribution in [1.29, 1.82) is 0 Å². The Labute approximate surface area is 123 Å². The van der Waals surface area contributed by atoms with Gasteiger partial charge in [0.05, 0.1) is 10.3 Å². The summed E-state index contributed by atoms with van der Waals surface area (Å²) in [5.41, 5.74) is -0.0687. The summed E-state index contributed by atoms with van der Waals surface area (Å²) in [4.78, 5) is 34.7. The van der Waals surface area contributed by atoms with Crippen LogP contribution < -0.4 is 5.43 Å². The summed E-state index contributed by atoms with van der Waals surface area (Å²) in [7, 11) is 0. The van der Waals surface area contributed by atoms with Gasteiger partial charge in [-0.15, -0.1) is 0 Å². The van der Waals surface area contributed by atoms with Crippen molar-refractivity contribution in [2.24, 2.45) is 0 Å². The standard InChI is InChI=1S/C16H9NO5/c18-15(10-5-7-11(8-6-10)17(20)21)13-9-22-14-4-2-1-3-12(14)16(13)19/h1-9H. The van der Waals surface area contributed by atoms with Gasteiger partial charge >= 0.3 is 0 Å². The maximum Gasteiger partial charge on any atom is 0.269 e. The Kier molecular flexibility index (Phi) is 3.27. The molecule has 0 amide bonds. The molecule has 6 heteroatoms. The minimum atomic E-state index is -0.557. The number of nitrogens with zero attached hydrogens (tertiary/aromatic N) is 1. The third kappa shape index (κ3) is 2.26. The molecule has 108 valence electrons. The Morgan fingerprint density at radius 3 is 2.41 bits per heavy atom. The van der Waals surface area contributed by atoms with Crippen molar-refractivity contribution >= 4 is 22.4 Å². The molecule has 0 bridgehead atoms. The number of hydrogen-bond acceptors (Lipinski definition) is 5. The van der Waals surface area contributed by atoms with Crippen molar-refractivity contribution in [1.82, 2.24) is 0 Å². The van der Waals surface area contributed by atoms with E-state index in [4.69, 9.17) is 4.42 Å². The van der Waals surface area contributed by atoms with E-state index in [1.54, 1.807) is 24.3 Å². The van der Waals surface area contributed by atoms with Crippen LogP contribution in [-0.2, 0) is 0 Å². The highest BCUT2D eigenvalue weighted by atomic mass is 16.6. The quantitative estimate of drug-likeness (QED) is 0.421. The van der Waals surface area contributed by atoms with E-state index in [0.717, 1.165) is 6.26 Å². The fourth-order valence-corrected chi connectivity index (χ4v) is 2.12. The van der Waals surface area contributed by atoms with Crippen LogP contribution in [0.4, 0.5) is 5.69 Å². The van der Waals surface area contributed by atoms with Gasteiger partial charge in [-0.05, 0) is 24.3 Å². The highest BCUT2D eigenvalue weighted by Crippen LogP contribution is 2.16. The van der Waals surface area contributed by atoms with Gasteiger partial charge in [0.1, 0.15) is 17.4 Å². The zero-order valence-electron chi connectivity index (χ0n) is 11.2. The van der Waals surface area contributed by atoms with Crippen LogP contribution in [0.15, 0.2) is 64.0 Å². The van der Waals surface area contributed by atoms with E-state index >= 15 is 0 Å². The number of rotatable bonds is 3. The van der Waals surface area contributed by atoms with Crippen LogP contribution in [0.2, 0.25) is 0 Å². The summed E-state index contributed by atoms with van der Waals surface area (Å²) < 4.78 is 5.30. The summed E-state index contributed by atoms with van der Waals surface area (Å²) >= 11 is 0. The van der Waals surface area contributed by atoms with Crippen LogP contribution in [0.3, 0.4) is 0 Å². The number of para-hydroxylation sites is 1. The topological polar surface area (TPSA) is 90.4 Å². The molecule has 1 heterocycles.